The molecule has 0 heterocycles. The second kappa shape index (κ2) is 5.89. The van der Waals surface area contributed by atoms with Crippen LogP contribution in [0.2, 0.25) is 5.02 Å². The minimum atomic E-state index is -0.536. The standard InChI is InChI=1S/C15H15ClO2/c1-11(17)14-4-2-3-5-15(14)18-10-12-6-8-13(16)9-7-12/h2-9,11,17H,10H2,1H3/t11-/m0/s1. The first-order valence-electron chi connectivity index (χ1n) is 5.81. The molecule has 0 spiro atoms. The van der Waals surface area contributed by atoms with E-state index in [1.165, 1.54) is 0 Å². The van der Waals surface area contributed by atoms with Gasteiger partial charge in [-0.2, -0.15) is 0 Å². The van der Waals surface area contributed by atoms with Crippen molar-refractivity contribution in [2.45, 2.75) is 19.6 Å². The topological polar surface area (TPSA) is 29.5 Å². The summed E-state index contributed by atoms with van der Waals surface area (Å²) in [7, 11) is 0. The van der Waals surface area contributed by atoms with Crippen LogP contribution in [-0.4, -0.2) is 5.11 Å². The van der Waals surface area contributed by atoms with E-state index in [0.717, 1.165) is 11.1 Å². The Morgan fingerprint density at radius 2 is 1.78 bits per heavy atom. The first kappa shape index (κ1) is 12.9. The molecule has 0 bridgehead atoms. The molecule has 94 valence electrons. The first-order valence-corrected chi connectivity index (χ1v) is 6.19. The lowest BCUT2D eigenvalue weighted by Crippen LogP contribution is -2.00. The van der Waals surface area contributed by atoms with E-state index in [-0.39, 0.29) is 0 Å². The molecule has 1 N–H and O–H groups in total. The minimum absolute atomic E-state index is 0.459. The Morgan fingerprint density at radius 1 is 1.11 bits per heavy atom. The van der Waals surface area contributed by atoms with Gasteiger partial charge in [0.2, 0.25) is 0 Å². The van der Waals surface area contributed by atoms with Gasteiger partial charge in [-0.05, 0) is 30.7 Å². The van der Waals surface area contributed by atoms with Crippen LogP contribution in [0.1, 0.15) is 24.2 Å². The lowest BCUT2D eigenvalue weighted by Gasteiger charge is -2.13. The monoisotopic (exact) mass is 262 g/mol. The van der Waals surface area contributed by atoms with Crippen molar-refractivity contribution in [2.24, 2.45) is 0 Å². The molecular weight excluding hydrogens is 248 g/mol. The van der Waals surface area contributed by atoms with Crippen LogP contribution in [0.25, 0.3) is 0 Å². The molecule has 2 rings (SSSR count). The van der Waals surface area contributed by atoms with Crippen LogP contribution in [0.5, 0.6) is 5.75 Å². The molecule has 0 radical (unpaired) electrons. The van der Waals surface area contributed by atoms with Gasteiger partial charge in [-0.3, -0.25) is 0 Å². The van der Waals surface area contributed by atoms with Crippen LogP contribution < -0.4 is 4.74 Å². The maximum Gasteiger partial charge on any atom is 0.125 e. The number of para-hydroxylation sites is 1. The second-order valence-corrected chi connectivity index (χ2v) is 4.57. The van der Waals surface area contributed by atoms with Crippen molar-refractivity contribution in [3.8, 4) is 5.75 Å². The number of hydrogen-bond acceptors (Lipinski definition) is 2. The molecule has 0 aromatic heterocycles. The Hall–Kier alpha value is -1.51. The number of aliphatic hydroxyl groups is 1. The summed E-state index contributed by atoms with van der Waals surface area (Å²) in [6.45, 7) is 2.19. The van der Waals surface area contributed by atoms with Gasteiger partial charge in [0.25, 0.3) is 0 Å². The molecule has 2 nitrogen and oxygen atoms in total. The Kier molecular flexibility index (Phi) is 4.24. The van der Waals surface area contributed by atoms with Crippen molar-refractivity contribution in [3.05, 3.63) is 64.7 Å². The number of halogens is 1. The van der Waals surface area contributed by atoms with E-state index in [1.54, 1.807) is 6.92 Å². The third-order valence-electron chi connectivity index (χ3n) is 2.68. The van der Waals surface area contributed by atoms with Crippen LogP contribution in [0.4, 0.5) is 0 Å². The van der Waals surface area contributed by atoms with Crippen LogP contribution in [-0.2, 0) is 6.61 Å². The maximum atomic E-state index is 9.64. The van der Waals surface area contributed by atoms with Crippen molar-refractivity contribution >= 4 is 11.6 Å². The summed E-state index contributed by atoms with van der Waals surface area (Å²) in [6, 6.07) is 15.0. The average molecular weight is 263 g/mol. The molecule has 0 aliphatic heterocycles. The highest BCUT2D eigenvalue weighted by Crippen LogP contribution is 2.25. The fraction of sp³-hybridized carbons (Fsp3) is 0.200. The van der Waals surface area contributed by atoms with E-state index < -0.39 is 6.10 Å². The lowest BCUT2D eigenvalue weighted by molar-refractivity contribution is 0.190. The summed E-state index contributed by atoms with van der Waals surface area (Å²) in [5.74, 6) is 0.711. The van der Waals surface area contributed by atoms with E-state index in [9.17, 15) is 5.11 Å². The Balaban J connectivity index is 2.08. The zero-order valence-corrected chi connectivity index (χ0v) is 10.9. The molecule has 0 saturated heterocycles. The van der Waals surface area contributed by atoms with Gasteiger partial charge in [0, 0.05) is 10.6 Å². The highest BCUT2D eigenvalue weighted by Gasteiger charge is 2.08. The molecule has 0 unspecified atom stereocenters. The Labute approximate surface area is 112 Å². The SMILES string of the molecule is C[C@H](O)c1ccccc1OCc1ccc(Cl)cc1. The molecule has 2 aromatic rings. The Morgan fingerprint density at radius 3 is 2.44 bits per heavy atom. The average Bonchev–Trinajstić information content (AvgIpc) is 2.38. The molecule has 0 aliphatic carbocycles. The molecule has 0 amide bonds. The highest BCUT2D eigenvalue weighted by molar-refractivity contribution is 6.30. The van der Waals surface area contributed by atoms with Crippen molar-refractivity contribution in [1.82, 2.24) is 0 Å². The van der Waals surface area contributed by atoms with Gasteiger partial charge in [-0.15, -0.1) is 0 Å². The molecule has 0 fully saturated rings. The lowest BCUT2D eigenvalue weighted by atomic mass is 10.1. The van der Waals surface area contributed by atoms with Gasteiger partial charge in [0.1, 0.15) is 12.4 Å². The van der Waals surface area contributed by atoms with Crippen molar-refractivity contribution in [3.63, 3.8) is 0 Å². The number of ether oxygens (including phenoxy) is 1. The van der Waals surface area contributed by atoms with E-state index in [0.29, 0.717) is 17.4 Å². The molecule has 0 aliphatic rings. The fourth-order valence-electron chi connectivity index (χ4n) is 1.70. The summed E-state index contributed by atoms with van der Waals surface area (Å²) in [5.41, 5.74) is 1.84. The number of aliphatic hydroxyl groups excluding tert-OH is 1. The highest BCUT2D eigenvalue weighted by atomic mass is 35.5. The van der Waals surface area contributed by atoms with E-state index in [1.807, 2.05) is 48.5 Å². The van der Waals surface area contributed by atoms with Gasteiger partial charge >= 0.3 is 0 Å². The Bertz CT molecular complexity index is 506. The summed E-state index contributed by atoms with van der Waals surface area (Å²) in [4.78, 5) is 0. The van der Waals surface area contributed by atoms with Crippen LogP contribution in [0.15, 0.2) is 48.5 Å². The fourth-order valence-corrected chi connectivity index (χ4v) is 1.82. The van der Waals surface area contributed by atoms with Gasteiger partial charge in [0.05, 0.1) is 6.10 Å². The van der Waals surface area contributed by atoms with Crippen LogP contribution >= 0.6 is 11.6 Å². The maximum absolute atomic E-state index is 9.64. The zero-order valence-electron chi connectivity index (χ0n) is 10.1. The second-order valence-electron chi connectivity index (χ2n) is 4.13. The van der Waals surface area contributed by atoms with E-state index in [2.05, 4.69) is 0 Å². The predicted molar refractivity (Wildman–Crippen MR) is 72.9 cm³/mol. The molecule has 1 atom stereocenters. The molecular formula is C15H15ClO2. The van der Waals surface area contributed by atoms with E-state index in [4.69, 9.17) is 16.3 Å². The van der Waals surface area contributed by atoms with Crippen LogP contribution in [0, 0.1) is 0 Å². The van der Waals surface area contributed by atoms with Gasteiger partial charge in [-0.25, -0.2) is 0 Å². The third kappa shape index (κ3) is 3.25. The minimum Gasteiger partial charge on any atom is -0.489 e. The molecule has 3 heteroatoms. The summed E-state index contributed by atoms with van der Waals surface area (Å²) in [6.07, 6.45) is -0.536. The molecule has 0 saturated carbocycles. The van der Waals surface area contributed by atoms with Crippen molar-refractivity contribution in [1.29, 1.82) is 0 Å². The zero-order chi connectivity index (χ0) is 13.0. The summed E-state index contributed by atoms with van der Waals surface area (Å²) < 4.78 is 5.72. The number of benzene rings is 2. The number of rotatable bonds is 4. The van der Waals surface area contributed by atoms with Crippen LogP contribution in [0.3, 0.4) is 0 Å². The third-order valence-corrected chi connectivity index (χ3v) is 2.93. The predicted octanol–water partition coefficient (Wildman–Crippen LogP) is 3.97. The van der Waals surface area contributed by atoms with E-state index >= 15 is 0 Å². The largest absolute Gasteiger partial charge is 0.489 e. The van der Waals surface area contributed by atoms with Gasteiger partial charge < -0.3 is 9.84 Å². The summed E-state index contributed by atoms with van der Waals surface area (Å²) >= 11 is 5.82. The normalized spacial score (nSPS) is 12.2. The van der Waals surface area contributed by atoms with Crippen molar-refractivity contribution < 1.29 is 9.84 Å². The molecule has 2 aromatic carbocycles. The number of hydrogen-bond donors (Lipinski definition) is 1. The first-order chi connectivity index (χ1) is 8.66. The summed E-state index contributed by atoms with van der Waals surface area (Å²) in [5, 5.41) is 10.4. The quantitative estimate of drug-likeness (QED) is 0.903. The molecule has 18 heavy (non-hydrogen) atoms. The van der Waals surface area contributed by atoms with Gasteiger partial charge in [0.15, 0.2) is 0 Å². The van der Waals surface area contributed by atoms with Crippen molar-refractivity contribution in [2.75, 3.05) is 0 Å². The smallest absolute Gasteiger partial charge is 0.125 e. The van der Waals surface area contributed by atoms with Gasteiger partial charge in [-0.1, -0.05) is 41.9 Å².